The van der Waals surface area contributed by atoms with Gasteiger partial charge in [-0.25, -0.2) is 0 Å². The number of rotatable bonds is 4. The van der Waals surface area contributed by atoms with Gasteiger partial charge in [-0.05, 0) is 73.2 Å². The van der Waals surface area contributed by atoms with Crippen LogP contribution in [0.2, 0.25) is 0 Å². The summed E-state index contributed by atoms with van der Waals surface area (Å²) in [5.41, 5.74) is 8.94. The van der Waals surface area contributed by atoms with Gasteiger partial charge in [-0.15, -0.1) is 12.4 Å². The molecule has 0 amide bonds. The lowest BCUT2D eigenvalue weighted by Crippen LogP contribution is -2.33. The first kappa shape index (κ1) is 22.1. The lowest BCUT2D eigenvalue weighted by molar-refractivity contribution is 0.228. The van der Waals surface area contributed by atoms with E-state index < -0.39 is 0 Å². The molecular formula is C28H33ClN2. The van der Waals surface area contributed by atoms with Crippen molar-refractivity contribution in [3.05, 3.63) is 106 Å². The van der Waals surface area contributed by atoms with Gasteiger partial charge in [0, 0.05) is 25.2 Å². The molecular weight excluding hydrogens is 400 g/mol. The summed E-state index contributed by atoms with van der Waals surface area (Å²) < 4.78 is 0. The van der Waals surface area contributed by atoms with E-state index in [1.54, 1.807) is 0 Å². The van der Waals surface area contributed by atoms with Crippen LogP contribution in [0.1, 0.15) is 45.5 Å². The van der Waals surface area contributed by atoms with E-state index in [0.29, 0.717) is 12.1 Å². The van der Waals surface area contributed by atoms with Crippen LogP contribution in [0.4, 0.5) is 0 Å². The first-order valence-corrected chi connectivity index (χ1v) is 11.3. The molecule has 31 heavy (non-hydrogen) atoms. The number of fused-ring (bicyclic) bond motifs is 2. The van der Waals surface area contributed by atoms with Crippen molar-refractivity contribution in [3.8, 4) is 0 Å². The van der Waals surface area contributed by atoms with Gasteiger partial charge in [-0.1, -0.05) is 72.8 Å². The molecule has 0 bridgehead atoms. The molecule has 0 spiro atoms. The molecule has 0 fully saturated rings. The van der Waals surface area contributed by atoms with Gasteiger partial charge in [-0.3, -0.25) is 9.80 Å². The third-order valence-corrected chi connectivity index (χ3v) is 7.24. The van der Waals surface area contributed by atoms with Gasteiger partial charge in [0.25, 0.3) is 0 Å². The summed E-state index contributed by atoms with van der Waals surface area (Å²) in [5.74, 6) is 0. The van der Waals surface area contributed by atoms with Gasteiger partial charge >= 0.3 is 0 Å². The van der Waals surface area contributed by atoms with Crippen LogP contribution in [-0.2, 0) is 25.7 Å². The van der Waals surface area contributed by atoms with Gasteiger partial charge in [0.2, 0.25) is 0 Å². The fourth-order valence-electron chi connectivity index (χ4n) is 5.34. The molecule has 2 unspecified atom stereocenters. The highest BCUT2D eigenvalue weighted by molar-refractivity contribution is 5.85. The lowest BCUT2D eigenvalue weighted by atomic mass is 9.87. The van der Waals surface area contributed by atoms with Gasteiger partial charge in [-0.2, -0.15) is 0 Å². The van der Waals surface area contributed by atoms with Crippen LogP contribution in [0.5, 0.6) is 0 Å². The van der Waals surface area contributed by atoms with Crippen LogP contribution in [0, 0.1) is 0 Å². The van der Waals surface area contributed by atoms with Crippen molar-refractivity contribution >= 4 is 12.4 Å². The molecule has 0 aliphatic carbocycles. The molecule has 2 heterocycles. The summed E-state index contributed by atoms with van der Waals surface area (Å²) in [6.45, 7) is 2.29. The van der Waals surface area contributed by atoms with Crippen LogP contribution >= 0.6 is 12.4 Å². The molecule has 0 saturated carbocycles. The molecule has 2 aliphatic heterocycles. The highest BCUT2D eigenvalue weighted by atomic mass is 35.5. The Balaban J connectivity index is 0.00000231. The molecule has 0 N–H and O–H groups in total. The van der Waals surface area contributed by atoms with Crippen molar-refractivity contribution in [2.24, 2.45) is 0 Å². The van der Waals surface area contributed by atoms with Gasteiger partial charge < -0.3 is 0 Å². The Morgan fingerprint density at radius 1 is 0.613 bits per heavy atom. The number of nitrogens with zero attached hydrogens (tertiary/aromatic N) is 2. The predicted molar refractivity (Wildman–Crippen MR) is 132 cm³/mol. The molecule has 0 radical (unpaired) electrons. The number of halogens is 1. The Labute approximate surface area is 193 Å². The monoisotopic (exact) mass is 432 g/mol. The molecule has 2 aliphatic rings. The molecule has 2 atom stereocenters. The Bertz CT molecular complexity index is 931. The first-order chi connectivity index (χ1) is 14.7. The maximum absolute atomic E-state index is 2.52. The SMILES string of the molecule is CN1CCc2ccccc2C1Cc1ccc(CC2c3ccccc3CCN2C)cc1.Cl. The number of benzene rings is 3. The maximum Gasteiger partial charge on any atom is 0.0388 e. The second-order valence-electron chi connectivity index (χ2n) is 9.12. The highest BCUT2D eigenvalue weighted by Gasteiger charge is 2.26. The second kappa shape index (κ2) is 9.56. The first-order valence-electron chi connectivity index (χ1n) is 11.3. The lowest BCUT2D eigenvalue weighted by Gasteiger charge is -2.35. The smallest absolute Gasteiger partial charge is 0.0388 e. The van der Waals surface area contributed by atoms with Crippen molar-refractivity contribution < 1.29 is 0 Å². The molecule has 2 nitrogen and oxygen atoms in total. The van der Waals surface area contributed by atoms with Gasteiger partial charge in [0.1, 0.15) is 0 Å². The van der Waals surface area contributed by atoms with E-state index in [1.165, 1.54) is 46.2 Å². The van der Waals surface area contributed by atoms with Crippen molar-refractivity contribution in [1.82, 2.24) is 9.80 Å². The number of likely N-dealkylation sites (N-methyl/N-ethyl adjacent to an activating group) is 2. The topological polar surface area (TPSA) is 6.48 Å². The van der Waals surface area contributed by atoms with E-state index in [0.717, 1.165) is 25.9 Å². The Kier molecular flexibility index (Phi) is 6.81. The average molecular weight is 433 g/mol. The minimum atomic E-state index is 0. The third kappa shape index (κ3) is 4.57. The summed E-state index contributed by atoms with van der Waals surface area (Å²) in [6.07, 6.45) is 4.50. The zero-order valence-corrected chi connectivity index (χ0v) is 19.4. The molecule has 5 rings (SSSR count). The summed E-state index contributed by atoms with van der Waals surface area (Å²) >= 11 is 0. The maximum atomic E-state index is 2.52. The molecule has 3 aromatic carbocycles. The largest absolute Gasteiger partial charge is 0.299 e. The van der Waals surface area contributed by atoms with Gasteiger partial charge in [0.15, 0.2) is 0 Å². The van der Waals surface area contributed by atoms with E-state index in [9.17, 15) is 0 Å². The Hall–Kier alpha value is -2.13. The minimum absolute atomic E-state index is 0. The van der Waals surface area contributed by atoms with Gasteiger partial charge in [0.05, 0.1) is 0 Å². The van der Waals surface area contributed by atoms with Crippen LogP contribution in [-0.4, -0.2) is 37.0 Å². The van der Waals surface area contributed by atoms with E-state index in [2.05, 4.69) is 96.7 Å². The van der Waals surface area contributed by atoms with Crippen molar-refractivity contribution in [2.45, 2.75) is 37.8 Å². The van der Waals surface area contributed by atoms with Crippen LogP contribution in [0.15, 0.2) is 72.8 Å². The quantitative estimate of drug-likeness (QED) is 0.525. The summed E-state index contributed by atoms with van der Waals surface area (Å²) in [7, 11) is 4.54. The molecule has 3 aromatic rings. The second-order valence-corrected chi connectivity index (χ2v) is 9.12. The number of hydrogen-bond donors (Lipinski definition) is 0. The fourth-order valence-corrected chi connectivity index (χ4v) is 5.34. The fraction of sp³-hybridized carbons (Fsp3) is 0.357. The summed E-state index contributed by atoms with van der Waals surface area (Å²) in [6, 6.07) is 28.4. The molecule has 0 saturated heterocycles. The Morgan fingerprint density at radius 3 is 1.42 bits per heavy atom. The van der Waals surface area contributed by atoms with E-state index >= 15 is 0 Å². The van der Waals surface area contributed by atoms with Crippen LogP contribution in [0.3, 0.4) is 0 Å². The van der Waals surface area contributed by atoms with Crippen molar-refractivity contribution in [2.75, 3.05) is 27.2 Å². The van der Waals surface area contributed by atoms with Crippen LogP contribution in [0.25, 0.3) is 0 Å². The van der Waals surface area contributed by atoms with Crippen LogP contribution < -0.4 is 0 Å². The molecule has 3 heteroatoms. The minimum Gasteiger partial charge on any atom is -0.299 e. The highest BCUT2D eigenvalue weighted by Crippen LogP contribution is 2.33. The number of hydrogen-bond acceptors (Lipinski definition) is 2. The zero-order valence-electron chi connectivity index (χ0n) is 18.6. The van der Waals surface area contributed by atoms with Crippen molar-refractivity contribution in [1.29, 1.82) is 0 Å². The third-order valence-electron chi connectivity index (χ3n) is 7.24. The summed E-state index contributed by atoms with van der Waals surface area (Å²) in [5, 5.41) is 0. The standard InChI is InChI=1S/C28H32N2.ClH/c1-29-17-15-23-7-3-5-9-25(23)27(29)19-21-11-13-22(14-12-21)20-28-26-10-6-4-8-24(26)16-18-30(28)2;/h3-14,27-28H,15-20H2,1-2H3;1H. The van der Waals surface area contributed by atoms with E-state index in [-0.39, 0.29) is 12.4 Å². The van der Waals surface area contributed by atoms with E-state index in [4.69, 9.17) is 0 Å². The normalized spacial score (nSPS) is 21.1. The summed E-state index contributed by atoms with van der Waals surface area (Å²) in [4.78, 5) is 5.04. The predicted octanol–water partition coefficient (Wildman–Crippen LogP) is 5.65. The average Bonchev–Trinajstić information content (AvgIpc) is 2.79. The zero-order chi connectivity index (χ0) is 20.5. The Morgan fingerprint density at radius 2 is 1.00 bits per heavy atom. The van der Waals surface area contributed by atoms with Crippen molar-refractivity contribution in [3.63, 3.8) is 0 Å². The molecule has 0 aromatic heterocycles. The van der Waals surface area contributed by atoms with E-state index in [1.807, 2.05) is 0 Å². The molecule has 162 valence electrons.